The van der Waals surface area contributed by atoms with Gasteiger partial charge in [-0.2, -0.15) is 0 Å². The number of fused-ring (bicyclic) bond motifs is 1. The molecule has 0 saturated carbocycles. The molecular weight excluding hydrogens is 269 g/mol. The molecule has 0 aromatic heterocycles. The fourth-order valence-electron chi connectivity index (χ4n) is 1.60. The van der Waals surface area contributed by atoms with E-state index in [0.717, 1.165) is 6.42 Å². The van der Waals surface area contributed by atoms with E-state index in [1.807, 2.05) is 13.8 Å². The second-order valence-corrected chi connectivity index (χ2v) is 2.99. The molecule has 0 bridgehead atoms. The van der Waals surface area contributed by atoms with Gasteiger partial charge >= 0.3 is 0 Å². The molecule has 2 aromatic rings. The third kappa shape index (κ3) is 4.35. The van der Waals surface area contributed by atoms with E-state index in [9.17, 15) is 0 Å². The Bertz CT molecular complexity index is 388. The fraction of sp³-hybridized carbons (Fsp3) is 0.267. The smallest absolute Gasteiger partial charge is 0 e. The first-order valence-corrected chi connectivity index (χ1v) is 5.38. The second-order valence-electron chi connectivity index (χ2n) is 2.99. The summed E-state index contributed by atoms with van der Waals surface area (Å²) in [7, 11) is 0. The molecule has 0 fully saturated rings. The van der Waals surface area contributed by atoms with Crippen LogP contribution in [0.1, 0.15) is 26.3 Å². The van der Waals surface area contributed by atoms with Gasteiger partial charge in [-0.1, -0.05) is 63.2 Å². The zero-order valence-corrected chi connectivity index (χ0v) is 13.7. The molecule has 2 rings (SSSR count). The predicted molar refractivity (Wildman–Crippen MR) is 71.1 cm³/mol. The molecule has 0 aliphatic heterocycles. The summed E-state index contributed by atoms with van der Waals surface area (Å²) in [5.74, 6) is 0. The zero-order valence-electron chi connectivity index (χ0n) is 10.8. The van der Waals surface area contributed by atoms with Crippen molar-refractivity contribution in [1.29, 1.82) is 0 Å². The van der Waals surface area contributed by atoms with Crippen molar-refractivity contribution < 1.29 is 32.7 Å². The summed E-state index contributed by atoms with van der Waals surface area (Å²) in [6.07, 6.45) is 1.11. The standard InChI is InChI=1S/C12H12.C2H6.CH3.Y/c1-2-10-7-5-8-11-6-3-4-9-12(10)11;1-2;;/h3-9H,2H2,1H3;1-2H3;1H3;/q;;-1;. The molecule has 0 aliphatic rings. The molecule has 0 nitrogen and oxygen atoms in total. The minimum Gasteiger partial charge on any atom is -0.358 e. The Morgan fingerprint density at radius 1 is 0.875 bits per heavy atom. The average Bonchev–Trinajstić information content (AvgIpc) is 2.31. The van der Waals surface area contributed by atoms with Crippen LogP contribution in [0.15, 0.2) is 42.5 Å². The van der Waals surface area contributed by atoms with E-state index in [1.165, 1.54) is 16.3 Å². The summed E-state index contributed by atoms with van der Waals surface area (Å²) in [5, 5.41) is 2.74. The number of hydrogen-bond acceptors (Lipinski definition) is 0. The molecule has 0 heterocycles. The van der Waals surface area contributed by atoms with Gasteiger partial charge in [-0.05, 0) is 22.8 Å². The monoisotopic (exact) mass is 290 g/mol. The summed E-state index contributed by atoms with van der Waals surface area (Å²) in [6, 6.07) is 15.0. The number of aryl methyl sites for hydroxylation is 1. The van der Waals surface area contributed by atoms with Crippen molar-refractivity contribution in [1.82, 2.24) is 0 Å². The van der Waals surface area contributed by atoms with Crippen molar-refractivity contribution in [3.05, 3.63) is 55.5 Å². The van der Waals surface area contributed by atoms with Crippen LogP contribution in [0.4, 0.5) is 0 Å². The van der Waals surface area contributed by atoms with Gasteiger partial charge in [0.05, 0.1) is 0 Å². The van der Waals surface area contributed by atoms with Gasteiger partial charge in [0.2, 0.25) is 0 Å². The maximum absolute atomic E-state index is 2.20. The van der Waals surface area contributed by atoms with E-state index in [2.05, 4.69) is 49.4 Å². The van der Waals surface area contributed by atoms with Gasteiger partial charge in [0, 0.05) is 32.7 Å². The van der Waals surface area contributed by atoms with Gasteiger partial charge in [0.25, 0.3) is 0 Å². The SMILES string of the molecule is CC.CCc1cccc2ccccc12.[CH3-].[Y]. The summed E-state index contributed by atoms with van der Waals surface area (Å²) >= 11 is 0. The van der Waals surface area contributed by atoms with Crippen LogP contribution in [0.2, 0.25) is 0 Å². The van der Waals surface area contributed by atoms with Crippen LogP contribution in [-0.2, 0) is 39.1 Å². The van der Waals surface area contributed by atoms with Crippen molar-refractivity contribution in [2.24, 2.45) is 0 Å². The minimum atomic E-state index is 0. The van der Waals surface area contributed by atoms with Crippen LogP contribution in [0.25, 0.3) is 10.8 Å². The molecule has 0 spiro atoms. The van der Waals surface area contributed by atoms with Gasteiger partial charge in [-0.15, -0.1) is 0 Å². The van der Waals surface area contributed by atoms with Gasteiger partial charge in [-0.25, -0.2) is 0 Å². The van der Waals surface area contributed by atoms with E-state index in [-0.39, 0.29) is 40.1 Å². The Kier molecular flexibility index (Phi) is 11.3. The van der Waals surface area contributed by atoms with Crippen LogP contribution >= 0.6 is 0 Å². The Morgan fingerprint density at radius 2 is 1.44 bits per heavy atom. The quantitative estimate of drug-likeness (QED) is 0.657. The first-order chi connectivity index (χ1) is 6.92. The molecule has 1 heteroatoms. The summed E-state index contributed by atoms with van der Waals surface area (Å²) in [6.45, 7) is 6.20. The molecule has 2 aromatic carbocycles. The van der Waals surface area contributed by atoms with E-state index in [4.69, 9.17) is 0 Å². The minimum absolute atomic E-state index is 0. The largest absolute Gasteiger partial charge is 0.358 e. The average molecular weight is 290 g/mol. The number of hydrogen-bond donors (Lipinski definition) is 0. The maximum atomic E-state index is 2.20. The third-order valence-corrected chi connectivity index (χ3v) is 2.26. The van der Waals surface area contributed by atoms with Gasteiger partial charge in [-0.3, -0.25) is 0 Å². The van der Waals surface area contributed by atoms with Crippen LogP contribution in [-0.4, -0.2) is 0 Å². The maximum Gasteiger partial charge on any atom is 0 e. The van der Waals surface area contributed by atoms with Crippen LogP contribution in [0.5, 0.6) is 0 Å². The Labute approximate surface area is 125 Å². The molecular formula is C15H21Y-. The summed E-state index contributed by atoms with van der Waals surface area (Å²) in [4.78, 5) is 0. The molecule has 0 saturated heterocycles. The Hall–Kier alpha value is -0.196. The number of rotatable bonds is 1. The predicted octanol–water partition coefficient (Wildman–Crippen LogP) is 4.88. The normalized spacial score (nSPS) is 8.19. The van der Waals surface area contributed by atoms with Crippen molar-refractivity contribution >= 4 is 10.8 Å². The first-order valence-electron chi connectivity index (χ1n) is 5.38. The molecule has 0 aliphatic carbocycles. The third-order valence-electron chi connectivity index (χ3n) is 2.26. The molecule has 16 heavy (non-hydrogen) atoms. The van der Waals surface area contributed by atoms with E-state index >= 15 is 0 Å². The van der Waals surface area contributed by atoms with Crippen molar-refractivity contribution in [2.75, 3.05) is 0 Å². The first kappa shape index (κ1) is 18.2. The number of benzene rings is 2. The van der Waals surface area contributed by atoms with Crippen molar-refractivity contribution in [3.63, 3.8) is 0 Å². The van der Waals surface area contributed by atoms with E-state index in [1.54, 1.807) is 0 Å². The fourth-order valence-corrected chi connectivity index (χ4v) is 1.60. The van der Waals surface area contributed by atoms with E-state index in [0.29, 0.717) is 0 Å². The molecule has 85 valence electrons. The van der Waals surface area contributed by atoms with Crippen LogP contribution < -0.4 is 0 Å². The van der Waals surface area contributed by atoms with Gasteiger partial charge < -0.3 is 7.43 Å². The Balaban J connectivity index is 0. The molecule has 1 radical (unpaired) electrons. The second kappa shape index (κ2) is 9.99. The molecule has 0 amide bonds. The molecule has 0 unspecified atom stereocenters. The topological polar surface area (TPSA) is 0 Å². The molecule has 0 N–H and O–H groups in total. The summed E-state index contributed by atoms with van der Waals surface area (Å²) in [5.41, 5.74) is 1.44. The van der Waals surface area contributed by atoms with Crippen molar-refractivity contribution in [2.45, 2.75) is 27.2 Å². The van der Waals surface area contributed by atoms with Gasteiger partial charge in [0.15, 0.2) is 0 Å². The zero-order chi connectivity index (χ0) is 10.4. The molecule has 0 atom stereocenters. The summed E-state index contributed by atoms with van der Waals surface area (Å²) < 4.78 is 0. The Morgan fingerprint density at radius 3 is 2.06 bits per heavy atom. The van der Waals surface area contributed by atoms with Crippen molar-refractivity contribution in [3.8, 4) is 0 Å². The van der Waals surface area contributed by atoms with E-state index < -0.39 is 0 Å². The van der Waals surface area contributed by atoms with Crippen LogP contribution in [0, 0.1) is 7.43 Å². The van der Waals surface area contributed by atoms with Crippen LogP contribution in [0.3, 0.4) is 0 Å². The van der Waals surface area contributed by atoms with Gasteiger partial charge in [0.1, 0.15) is 0 Å².